The lowest BCUT2D eigenvalue weighted by Crippen LogP contribution is -2.16. The van der Waals surface area contributed by atoms with Crippen LogP contribution < -0.4 is 5.32 Å². The molecule has 1 N–H and O–H groups in total. The van der Waals surface area contributed by atoms with Crippen LogP contribution in [0.4, 0.5) is 18.9 Å². The molecule has 0 aliphatic carbocycles. The van der Waals surface area contributed by atoms with E-state index < -0.39 is 29.1 Å². The number of benzene rings is 1. The Morgan fingerprint density at radius 2 is 2.07 bits per heavy atom. The normalized spacial score (nSPS) is 9.87. The van der Waals surface area contributed by atoms with Crippen LogP contribution in [0.5, 0.6) is 0 Å². The van der Waals surface area contributed by atoms with Gasteiger partial charge in [-0.05, 0) is 0 Å². The number of carbonyl (C=O) groups excluding carboxylic acids is 1. The Morgan fingerprint density at radius 1 is 1.40 bits per heavy atom. The van der Waals surface area contributed by atoms with Gasteiger partial charge in [-0.3, -0.25) is 4.79 Å². The molecule has 1 aromatic rings. The molecule has 0 bridgehead atoms. The highest BCUT2D eigenvalue weighted by molar-refractivity contribution is 5.74. The van der Waals surface area contributed by atoms with Crippen LogP contribution >= 0.6 is 0 Å². The van der Waals surface area contributed by atoms with Gasteiger partial charge in [-0.25, -0.2) is 13.2 Å². The van der Waals surface area contributed by atoms with Crippen molar-refractivity contribution in [2.45, 2.75) is 0 Å². The summed E-state index contributed by atoms with van der Waals surface area (Å²) < 4.78 is 42.6. The molecule has 1 aromatic carbocycles. The van der Waals surface area contributed by atoms with Crippen molar-refractivity contribution in [2.75, 3.05) is 19.0 Å². The highest BCUT2D eigenvalue weighted by atomic mass is 19.2. The Kier molecular flexibility index (Phi) is 3.54. The van der Waals surface area contributed by atoms with E-state index in [4.69, 9.17) is 0 Å². The second-order valence-electron chi connectivity index (χ2n) is 2.68. The zero-order chi connectivity index (χ0) is 11.4. The number of methoxy groups -OCH3 is 1. The molecule has 0 radical (unpaired) electrons. The maximum Gasteiger partial charge on any atom is 0.325 e. The van der Waals surface area contributed by atoms with Gasteiger partial charge in [0.05, 0.1) is 12.8 Å². The first-order valence-electron chi connectivity index (χ1n) is 4.00. The fraction of sp³-hybridized carbons (Fsp3) is 0.222. The predicted molar refractivity (Wildman–Crippen MR) is 46.8 cm³/mol. The zero-order valence-electron chi connectivity index (χ0n) is 7.81. The number of hydrogen-bond acceptors (Lipinski definition) is 3. The van der Waals surface area contributed by atoms with Crippen molar-refractivity contribution < 1.29 is 22.7 Å². The van der Waals surface area contributed by atoms with E-state index >= 15 is 0 Å². The van der Waals surface area contributed by atoms with Crippen molar-refractivity contribution in [2.24, 2.45) is 0 Å². The van der Waals surface area contributed by atoms with Crippen LogP contribution in [0.2, 0.25) is 0 Å². The molecule has 0 saturated carbocycles. The van der Waals surface area contributed by atoms with E-state index in [1.54, 1.807) is 0 Å². The number of hydrogen-bond donors (Lipinski definition) is 1. The molecule has 0 fully saturated rings. The van der Waals surface area contributed by atoms with Gasteiger partial charge in [0, 0.05) is 12.1 Å². The number of rotatable bonds is 3. The monoisotopic (exact) mass is 219 g/mol. The minimum atomic E-state index is -1.32. The molecule has 0 aliphatic rings. The molecule has 0 amide bonds. The quantitative estimate of drug-likeness (QED) is 0.621. The lowest BCUT2D eigenvalue weighted by atomic mass is 10.3. The number of anilines is 1. The molecule has 0 aliphatic heterocycles. The Labute approximate surface area is 83.8 Å². The van der Waals surface area contributed by atoms with E-state index in [-0.39, 0.29) is 6.54 Å². The van der Waals surface area contributed by atoms with Gasteiger partial charge in [0.2, 0.25) is 0 Å². The molecule has 0 aromatic heterocycles. The van der Waals surface area contributed by atoms with Crippen LogP contribution in [0.1, 0.15) is 0 Å². The topological polar surface area (TPSA) is 38.3 Å². The standard InChI is InChI=1S/C9H8F3NO2/c1-15-8(14)4-13-7-3-5(10)2-6(11)9(7)12/h2-3,13H,4H2,1H3. The summed E-state index contributed by atoms with van der Waals surface area (Å²) in [4.78, 5) is 10.7. The van der Waals surface area contributed by atoms with Crippen molar-refractivity contribution >= 4 is 11.7 Å². The lowest BCUT2D eigenvalue weighted by Gasteiger charge is -2.06. The Balaban J connectivity index is 2.81. The third kappa shape index (κ3) is 2.87. The first-order chi connectivity index (χ1) is 7.04. The number of ether oxygens (including phenoxy) is 1. The summed E-state index contributed by atoms with van der Waals surface area (Å²) in [6, 6.07) is 1.17. The van der Waals surface area contributed by atoms with E-state index in [1.807, 2.05) is 0 Å². The van der Waals surface area contributed by atoms with Crippen molar-refractivity contribution in [3.63, 3.8) is 0 Å². The van der Waals surface area contributed by atoms with Gasteiger partial charge >= 0.3 is 5.97 Å². The van der Waals surface area contributed by atoms with Gasteiger partial charge < -0.3 is 10.1 Å². The van der Waals surface area contributed by atoms with Crippen molar-refractivity contribution in [1.82, 2.24) is 0 Å². The maximum atomic E-state index is 13.0. The average molecular weight is 219 g/mol. The molecule has 3 nitrogen and oxygen atoms in total. The van der Waals surface area contributed by atoms with Gasteiger partial charge in [-0.15, -0.1) is 0 Å². The van der Waals surface area contributed by atoms with Crippen molar-refractivity contribution in [3.8, 4) is 0 Å². The highest BCUT2D eigenvalue weighted by Gasteiger charge is 2.11. The largest absolute Gasteiger partial charge is 0.468 e. The van der Waals surface area contributed by atoms with Crippen LogP contribution in [0, 0.1) is 17.5 Å². The van der Waals surface area contributed by atoms with Crippen molar-refractivity contribution in [3.05, 3.63) is 29.6 Å². The first kappa shape index (κ1) is 11.4. The number of halogens is 3. The van der Waals surface area contributed by atoms with E-state index in [0.717, 1.165) is 13.2 Å². The minimum absolute atomic E-state index is 0.365. The molecule has 0 atom stereocenters. The SMILES string of the molecule is COC(=O)CNc1cc(F)cc(F)c1F. The average Bonchev–Trinajstić information content (AvgIpc) is 2.20. The fourth-order valence-electron chi connectivity index (χ4n) is 0.924. The predicted octanol–water partition coefficient (Wildman–Crippen LogP) is 1.69. The highest BCUT2D eigenvalue weighted by Crippen LogP contribution is 2.18. The van der Waals surface area contributed by atoms with Gasteiger partial charge in [0.25, 0.3) is 0 Å². The van der Waals surface area contributed by atoms with Crippen LogP contribution in [0.3, 0.4) is 0 Å². The second kappa shape index (κ2) is 4.68. The summed E-state index contributed by atoms with van der Waals surface area (Å²) in [6.45, 7) is -0.365. The summed E-state index contributed by atoms with van der Waals surface area (Å²) >= 11 is 0. The van der Waals surface area contributed by atoms with E-state index in [9.17, 15) is 18.0 Å². The molecule has 1 rings (SSSR count). The molecular formula is C9H8F3NO2. The molecular weight excluding hydrogens is 211 g/mol. The van der Waals surface area contributed by atoms with Gasteiger partial charge in [-0.2, -0.15) is 0 Å². The smallest absolute Gasteiger partial charge is 0.325 e. The third-order valence-corrected chi connectivity index (χ3v) is 1.64. The summed E-state index contributed by atoms with van der Waals surface area (Å²) in [5, 5.41) is 2.22. The van der Waals surface area contributed by atoms with Gasteiger partial charge in [0.15, 0.2) is 11.6 Å². The van der Waals surface area contributed by atoms with Crippen LogP contribution in [0.15, 0.2) is 12.1 Å². The van der Waals surface area contributed by atoms with Gasteiger partial charge in [-0.1, -0.05) is 0 Å². The van der Waals surface area contributed by atoms with E-state index in [1.165, 1.54) is 0 Å². The summed E-state index contributed by atoms with van der Waals surface area (Å²) in [5.74, 6) is -4.15. The third-order valence-electron chi connectivity index (χ3n) is 1.64. The number of carbonyl (C=O) groups is 1. The molecule has 0 heterocycles. The Hall–Kier alpha value is -1.72. The molecule has 0 spiro atoms. The Morgan fingerprint density at radius 3 is 2.67 bits per heavy atom. The summed E-state index contributed by atoms with van der Waals surface area (Å²) in [5.41, 5.74) is -0.419. The van der Waals surface area contributed by atoms with Crippen LogP contribution in [-0.2, 0) is 9.53 Å². The first-order valence-corrected chi connectivity index (χ1v) is 4.00. The van der Waals surface area contributed by atoms with E-state index in [0.29, 0.717) is 6.07 Å². The second-order valence-corrected chi connectivity index (χ2v) is 2.68. The minimum Gasteiger partial charge on any atom is -0.468 e. The molecule has 82 valence electrons. The van der Waals surface area contributed by atoms with Crippen LogP contribution in [-0.4, -0.2) is 19.6 Å². The van der Waals surface area contributed by atoms with Gasteiger partial charge in [0.1, 0.15) is 12.4 Å². The van der Waals surface area contributed by atoms with Crippen molar-refractivity contribution in [1.29, 1.82) is 0 Å². The summed E-state index contributed by atoms with van der Waals surface area (Å²) in [6.07, 6.45) is 0. The number of esters is 1. The fourth-order valence-corrected chi connectivity index (χ4v) is 0.924. The van der Waals surface area contributed by atoms with Crippen LogP contribution in [0.25, 0.3) is 0 Å². The maximum absolute atomic E-state index is 13.0. The molecule has 6 heteroatoms. The Bertz CT molecular complexity index is 382. The lowest BCUT2D eigenvalue weighted by molar-refractivity contribution is -0.138. The zero-order valence-corrected chi connectivity index (χ0v) is 7.81. The molecule has 15 heavy (non-hydrogen) atoms. The van der Waals surface area contributed by atoms with E-state index in [2.05, 4.69) is 10.1 Å². The number of nitrogens with one attached hydrogen (secondary N) is 1. The molecule has 0 saturated heterocycles. The molecule has 0 unspecified atom stereocenters. The summed E-state index contributed by atoms with van der Waals surface area (Å²) in [7, 11) is 1.15.